The Bertz CT molecular complexity index is 1050. The molecule has 39 heavy (non-hydrogen) atoms. The van der Waals surface area contributed by atoms with Crippen molar-refractivity contribution in [3.8, 4) is 5.88 Å². The van der Waals surface area contributed by atoms with Gasteiger partial charge >= 0.3 is 18.2 Å². The van der Waals surface area contributed by atoms with Crippen molar-refractivity contribution in [1.82, 2.24) is 20.2 Å². The van der Waals surface area contributed by atoms with Crippen LogP contribution >= 0.6 is 0 Å². The highest BCUT2D eigenvalue weighted by Crippen LogP contribution is 2.34. The predicted octanol–water partition coefficient (Wildman–Crippen LogP) is 3.72. The maximum atomic E-state index is 12.4. The summed E-state index contributed by atoms with van der Waals surface area (Å²) < 4.78 is 22.2. The molecule has 0 saturated carbocycles. The molecule has 3 atom stereocenters. The third-order valence-electron chi connectivity index (χ3n) is 6.55. The van der Waals surface area contributed by atoms with Gasteiger partial charge in [0.2, 0.25) is 5.88 Å². The van der Waals surface area contributed by atoms with Crippen LogP contribution in [0.4, 0.5) is 9.59 Å². The molecule has 1 saturated heterocycles. The van der Waals surface area contributed by atoms with E-state index in [1.54, 1.807) is 27.7 Å². The number of amides is 2. The van der Waals surface area contributed by atoms with Crippen LogP contribution in [-0.4, -0.2) is 88.3 Å². The van der Waals surface area contributed by atoms with Gasteiger partial charge in [0.1, 0.15) is 11.9 Å². The number of nitrogens with one attached hydrogen (secondary N) is 1. The number of carboxylic acid groups (broad SMARTS) is 1. The molecule has 216 valence electrons. The Hall–Kier alpha value is -3.41. The summed E-state index contributed by atoms with van der Waals surface area (Å²) in [5.74, 6) is -0.139. The van der Waals surface area contributed by atoms with E-state index in [0.717, 1.165) is 16.8 Å². The second-order valence-electron chi connectivity index (χ2n) is 10.6. The normalized spacial score (nSPS) is 21.5. The summed E-state index contributed by atoms with van der Waals surface area (Å²) in [6.45, 7) is 9.49. The summed E-state index contributed by atoms with van der Waals surface area (Å²) in [6.07, 6.45) is 4.94. The summed E-state index contributed by atoms with van der Waals surface area (Å²) >= 11 is 0. The van der Waals surface area contributed by atoms with Gasteiger partial charge in [0, 0.05) is 6.54 Å². The molecule has 0 bridgehead atoms. The summed E-state index contributed by atoms with van der Waals surface area (Å²) in [6, 6.07) is -0.940. The van der Waals surface area contributed by atoms with E-state index in [1.807, 2.05) is 13.0 Å². The second kappa shape index (κ2) is 13.6. The van der Waals surface area contributed by atoms with Gasteiger partial charge in [-0.05, 0) is 72.3 Å². The number of rotatable bonds is 9. The molecule has 1 aliphatic carbocycles. The van der Waals surface area contributed by atoms with Crippen LogP contribution in [0.15, 0.2) is 12.4 Å². The summed E-state index contributed by atoms with van der Waals surface area (Å²) in [5, 5.41) is 12.6. The van der Waals surface area contributed by atoms with Crippen molar-refractivity contribution in [3.05, 3.63) is 23.7 Å². The lowest BCUT2D eigenvalue weighted by molar-refractivity contribution is -0.145. The first-order chi connectivity index (χ1) is 18.5. The zero-order valence-electron chi connectivity index (χ0n) is 23.4. The van der Waals surface area contributed by atoms with Crippen molar-refractivity contribution in [2.45, 2.75) is 90.5 Å². The molecule has 12 heteroatoms. The van der Waals surface area contributed by atoms with Crippen LogP contribution in [-0.2, 0) is 19.0 Å². The highest BCUT2D eigenvalue weighted by Gasteiger charge is 2.37. The number of piperidine rings is 1. The average Bonchev–Trinajstić information content (AvgIpc) is 2.86. The van der Waals surface area contributed by atoms with Crippen molar-refractivity contribution in [2.24, 2.45) is 0 Å². The van der Waals surface area contributed by atoms with E-state index in [9.17, 15) is 19.5 Å². The van der Waals surface area contributed by atoms with E-state index in [2.05, 4.69) is 15.3 Å². The molecule has 3 rings (SSSR count). The van der Waals surface area contributed by atoms with Crippen molar-refractivity contribution in [3.63, 3.8) is 0 Å². The van der Waals surface area contributed by atoms with Gasteiger partial charge in [0.05, 0.1) is 42.7 Å². The number of allylic oxidation sites excluding steroid dienone is 1. The molecule has 2 N–H and O–H groups in total. The zero-order chi connectivity index (χ0) is 28.6. The van der Waals surface area contributed by atoms with Gasteiger partial charge in [0.15, 0.2) is 6.61 Å². The minimum Gasteiger partial charge on any atom is -0.465 e. The van der Waals surface area contributed by atoms with E-state index in [0.29, 0.717) is 44.5 Å². The van der Waals surface area contributed by atoms with Crippen LogP contribution in [0.25, 0.3) is 5.57 Å². The number of carbonyl (C=O) groups excluding carboxylic acids is 2. The van der Waals surface area contributed by atoms with Gasteiger partial charge < -0.3 is 34.3 Å². The fourth-order valence-electron chi connectivity index (χ4n) is 4.81. The smallest absolute Gasteiger partial charge is 0.407 e. The molecule has 2 aliphatic rings. The van der Waals surface area contributed by atoms with Gasteiger partial charge in [-0.2, -0.15) is 0 Å². The first-order valence-electron chi connectivity index (χ1n) is 13.4. The number of esters is 1. The van der Waals surface area contributed by atoms with E-state index in [-0.39, 0.29) is 25.9 Å². The summed E-state index contributed by atoms with van der Waals surface area (Å²) in [4.78, 5) is 45.9. The summed E-state index contributed by atoms with van der Waals surface area (Å²) in [5.41, 5.74) is 1.84. The highest BCUT2D eigenvalue weighted by molar-refractivity contribution is 5.73. The van der Waals surface area contributed by atoms with Gasteiger partial charge in [-0.1, -0.05) is 6.08 Å². The predicted molar refractivity (Wildman–Crippen MR) is 141 cm³/mol. The van der Waals surface area contributed by atoms with Crippen molar-refractivity contribution in [1.29, 1.82) is 0 Å². The molecule has 2 heterocycles. The Morgan fingerprint density at radius 1 is 1.21 bits per heavy atom. The van der Waals surface area contributed by atoms with Crippen LogP contribution in [0.1, 0.15) is 71.1 Å². The minimum absolute atomic E-state index is 0.123. The van der Waals surface area contributed by atoms with Crippen LogP contribution in [0.2, 0.25) is 0 Å². The molecule has 1 aliphatic heterocycles. The molecule has 0 spiro atoms. The zero-order valence-corrected chi connectivity index (χ0v) is 23.4. The Kier molecular flexibility index (Phi) is 10.5. The van der Waals surface area contributed by atoms with Gasteiger partial charge in [0.25, 0.3) is 0 Å². The quantitative estimate of drug-likeness (QED) is 0.437. The Morgan fingerprint density at radius 2 is 1.97 bits per heavy atom. The SMILES string of the molecule is CCOC(=O)COc1ncnc(C)c1C1=CCC(OC[C@H]2[C@@H](NC(=O)OC(C)(C)C)CCCN2C(=O)O)CC1. The first-order valence-corrected chi connectivity index (χ1v) is 13.4. The van der Waals surface area contributed by atoms with Crippen LogP contribution < -0.4 is 10.1 Å². The van der Waals surface area contributed by atoms with Crippen molar-refractivity contribution >= 4 is 23.7 Å². The highest BCUT2D eigenvalue weighted by atomic mass is 16.6. The Labute approximate surface area is 229 Å². The number of hydrogen-bond acceptors (Lipinski definition) is 9. The maximum absolute atomic E-state index is 12.4. The minimum atomic E-state index is -1.04. The fraction of sp³-hybridized carbons (Fsp3) is 0.667. The summed E-state index contributed by atoms with van der Waals surface area (Å²) in [7, 11) is 0. The fourth-order valence-corrected chi connectivity index (χ4v) is 4.81. The van der Waals surface area contributed by atoms with E-state index in [4.69, 9.17) is 18.9 Å². The first kappa shape index (κ1) is 30.1. The van der Waals surface area contributed by atoms with Crippen LogP contribution in [0.3, 0.4) is 0 Å². The van der Waals surface area contributed by atoms with E-state index < -0.39 is 35.8 Å². The van der Waals surface area contributed by atoms with Crippen LogP contribution in [0.5, 0.6) is 5.88 Å². The number of aromatic nitrogens is 2. The lowest BCUT2D eigenvalue weighted by Gasteiger charge is -2.40. The van der Waals surface area contributed by atoms with Crippen molar-refractivity contribution < 1.29 is 38.4 Å². The van der Waals surface area contributed by atoms with Crippen LogP contribution in [0, 0.1) is 6.92 Å². The van der Waals surface area contributed by atoms with E-state index >= 15 is 0 Å². The number of ether oxygens (including phenoxy) is 4. The monoisotopic (exact) mass is 548 g/mol. The number of carbonyl (C=O) groups is 3. The molecule has 0 radical (unpaired) electrons. The molecule has 1 aromatic heterocycles. The molecule has 0 aromatic carbocycles. The number of hydrogen-bond donors (Lipinski definition) is 2. The molecule has 1 unspecified atom stereocenters. The van der Waals surface area contributed by atoms with Gasteiger partial charge in [-0.25, -0.2) is 24.4 Å². The Morgan fingerprint density at radius 3 is 2.62 bits per heavy atom. The third-order valence-corrected chi connectivity index (χ3v) is 6.55. The number of nitrogens with zero attached hydrogens (tertiary/aromatic N) is 3. The third kappa shape index (κ3) is 8.81. The molecular formula is C27H40N4O8. The number of alkyl carbamates (subject to hydrolysis) is 1. The van der Waals surface area contributed by atoms with Crippen molar-refractivity contribution in [2.75, 3.05) is 26.4 Å². The molecule has 1 fully saturated rings. The largest absolute Gasteiger partial charge is 0.465 e. The molecule has 1 aromatic rings. The average molecular weight is 549 g/mol. The Balaban J connectivity index is 1.64. The number of likely N-dealkylation sites (tertiary alicyclic amines) is 1. The maximum Gasteiger partial charge on any atom is 0.407 e. The lowest BCUT2D eigenvalue weighted by Crippen LogP contribution is -2.59. The van der Waals surface area contributed by atoms with Gasteiger partial charge in [-0.3, -0.25) is 0 Å². The molecular weight excluding hydrogens is 508 g/mol. The molecule has 2 amide bonds. The lowest BCUT2D eigenvalue weighted by atomic mass is 9.91. The van der Waals surface area contributed by atoms with E-state index in [1.165, 1.54) is 11.2 Å². The molecule has 12 nitrogen and oxygen atoms in total. The second-order valence-corrected chi connectivity index (χ2v) is 10.6. The number of aryl methyl sites for hydroxylation is 1. The topological polar surface area (TPSA) is 149 Å². The standard InChI is InChI=1S/C27H40N4O8/c1-6-36-22(32)15-38-24-23(17(2)28-16-29-24)18-9-11-19(12-10-18)37-14-21-20(8-7-13-31(21)26(34)35)30-25(33)39-27(3,4)5/h9,16,19-21H,6-8,10-15H2,1-5H3,(H,30,33)(H,34,35)/t19?,20-,21-/m0/s1. The van der Waals surface area contributed by atoms with Gasteiger partial charge in [-0.15, -0.1) is 0 Å².